The average Bonchev–Trinajstić information content (AvgIpc) is 2.71. The fourth-order valence-corrected chi connectivity index (χ4v) is 6.10. The van der Waals surface area contributed by atoms with Crippen molar-refractivity contribution in [1.29, 1.82) is 0 Å². The first kappa shape index (κ1) is 17.9. The van der Waals surface area contributed by atoms with E-state index >= 15 is 0 Å². The SMILES string of the molecule is COc1ccc2c(P(=O)(Cl)c3cccc4cc(OC)ccc34)cccc2c1. The lowest BCUT2D eigenvalue weighted by Crippen LogP contribution is -2.14. The van der Waals surface area contributed by atoms with E-state index in [-0.39, 0.29) is 0 Å². The van der Waals surface area contributed by atoms with Crippen molar-refractivity contribution < 1.29 is 14.0 Å². The Labute approximate surface area is 162 Å². The molecular weight excluding hydrogens is 379 g/mol. The van der Waals surface area contributed by atoms with Gasteiger partial charge in [0.2, 0.25) is 6.49 Å². The Morgan fingerprint density at radius 1 is 0.704 bits per heavy atom. The molecule has 5 heteroatoms. The highest BCUT2D eigenvalue weighted by Crippen LogP contribution is 2.52. The smallest absolute Gasteiger partial charge is 0.226 e. The molecule has 0 N–H and O–H groups in total. The molecule has 0 atom stereocenters. The molecule has 4 rings (SSSR count). The largest absolute Gasteiger partial charge is 0.497 e. The van der Waals surface area contributed by atoms with Gasteiger partial charge in [-0.1, -0.05) is 24.3 Å². The standard InChI is InChI=1S/C22H18ClO3P/c1-25-17-9-11-19-15(13-17)5-3-7-21(19)27(23,24)22-8-4-6-16-14-18(26-2)10-12-20(16)22/h3-14H,1-2H3. The van der Waals surface area contributed by atoms with Crippen molar-refractivity contribution >= 4 is 49.9 Å². The highest BCUT2D eigenvalue weighted by molar-refractivity contribution is 8.01. The van der Waals surface area contributed by atoms with E-state index in [4.69, 9.17) is 20.7 Å². The third kappa shape index (κ3) is 3.07. The summed E-state index contributed by atoms with van der Waals surface area (Å²) >= 11 is 6.79. The number of fused-ring (bicyclic) bond motifs is 2. The molecule has 0 spiro atoms. The Bertz CT molecular complexity index is 1110. The zero-order valence-electron chi connectivity index (χ0n) is 15.0. The first-order valence-corrected chi connectivity index (χ1v) is 11.1. The van der Waals surface area contributed by atoms with Crippen molar-refractivity contribution in [3.8, 4) is 11.5 Å². The van der Waals surface area contributed by atoms with Gasteiger partial charge in [0.15, 0.2) is 0 Å². The van der Waals surface area contributed by atoms with Gasteiger partial charge in [0, 0.05) is 10.6 Å². The maximum Gasteiger partial charge on any atom is 0.226 e. The van der Waals surface area contributed by atoms with Crippen LogP contribution in [-0.2, 0) is 4.57 Å². The van der Waals surface area contributed by atoms with Crippen molar-refractivity contribution in [2.45, 2.75) is 0 Å². The number of hydrogen-bond acceptors (Lipinski definition) is 3. The molecule has 0 bridgehead atoms. The molecule has 0 unspecified atom stereocenters. The summed E-state index contributed by atoms with van der Waals surface area (Å²) < 4.78 is 24.5. The maximum absolute atomic E-state index is 13.9. The Balaban J connectivity index is 1.96. The number of rotatable bonds is 4. The Morgan fingerprint density at radius 2 is 1.15 bits per heavy atom. The minimum absolute atomic E-state index is 0.632. The molecule has 4 aromatic rings. The van der Waals surface area contributed by atoms with Gasteiger partial charge in [0.05, 0.1) is 14.2 Å². The number of methoxy groups -OCH3 is 2. The number of benzene rings is 4. The third-order valence-electron chi connectivity index (χ3n) is 4.75. The van der Waals surface area contributed by atoms with Crippen molar-refractivity contribution in [2.24, 2.45) is 0 Å². The summed E-state index contributed by atoms with van der Waals surface area (Å²) in [7, 11) is 3.25. The molecule has 0 fully saturated rings. The van der Waals surface area contributed by atoms with Gasteiger partial charge in [-0.05, 0) is 81.3 Å². The summed E-state index contributed by atoms with van der Waals surface area (Å²) in [5.41, 5.74) is 0. The minimum atomic E-state index is -3.34. The van der Waals surface area contributed by atoms with E-state index < -0.39 is 6.49 Å². The monoisotopic (exact) mass is 396 g/mol. The van der Waals surface area contributed by atoms with Gasteiger partial charge in [0.1, 0.15) is 11.5 Å². The van der Waals surface area contributed by atoms with E-state index in [2.05, 4.69) is 0 Å². The molecule has 27 heavy (non-hydrogen) atoms. The quantitative estimate of drug-likeness (QED) is 0.428. The van der Waals surface area contributed by atoms with Gasteiger partial charge in [-0.15, -0.1) is 0 Å². The maximum atomic E-state index is 13.9. The van der Waals surface area contributed by atoms with Crippen LogP contribution in [0.5, 0.6) is 11.5 Å². The molecule has 4 aromatic carbocycles. The predicted molar refractivity (Wildman–Crippen MR) is 114 cm³/mol. The summed E-state index contributed by atoms with van der Waals surface area (Å²) in [6.45, 7) is -3.34. The van der Waals surface area contributed by atoms with Crippen LogP contribution in [-0.4, -0.2) is 14.2 Å². The highest BCUT2D eigenvalue weighted by Gasteiger charge is 2.28. The highest BCUT2D eigenvalue weighted by atomic mass is 35.7. The fourth-order valence-electron chi connectivity index (χ4n) is 3.37. The minimum Gasteiger partial charge on any atom is -0.497 e. The molecule has 0 aliphatic rings. The Kier molecular flexibility index (Phi) is 4.59. The van der Waals surface area contributed by atoms with Gasteiger partial charge in [0.25, 0.3) is 0 Å². The molecule has 0 aliphatic carbocycles. The molecule has 0 amide bonds. The van der Waals surface area contributed by atoms with E-state index in [1.807, 2.05) is 72.8 Å². The molecule has 0 radical (unpaired) electrons. The van der Waals surface area contributed by atoms with E-state index in [9.17, 15) is 4.57 Å². The lowest BCUT2D eigenvalue weighted by molar-refractivity contribution is 0.415. The number of ether oxygens (including phenoxy) is 2. The van der Waals surface area contributed by atoms with Gasteiger partial charge < -0.3 is 9.47 Å². The van der Waals surface area contributed by atoms with Crippen molar-refractivity contribution in [1.82, 2.24) is 0 Å². The van der Waals surface area contributed by atoms with Gasteiger partial charge in [-0.25, -0.2) is 0 Å². The first-order valence-electron chi connectivity index (χ1n) is 8.49. The normalized spacial score (nSPS) is 11.7. The summed E-state index contributed by atoms with van der Waals surface area (Å²) in [6, 6.07) is 22.7. The lowest BCUT2D eigenvalue weighted by atomic mass is 10.1. The summed E-state index contributed by atoms with van der Waals surface area (Å²) in [4.78, 5) is 0. The number of hydrogen-bond donors (Lipinski definition) is 0. The van der Waals surface area contributed by atoms with Crippen LogP contribution in [0.1, 0.15) is 0 Å². The Morgan fingerprint density at radius 3 is 1.56 bits per heavy atom. The second-order valence-corrected chi connectivity index (χ2v) is 9.72. The molecule has 0 aromatic heterocycles. The summed E-state index contributed by atoms with van der Waals surface area (Å²) in [6.07, 6.45) is 0. The van der Waals surface area contributed by atoms with E-state index in [1.165, 1.54) is 0 Å². The topological polar surface area (TPSA) is 35.5 Å². The van der Waals surface area contributed by atoms with E-state index in [1.54, 1.807) is 14.2 Å². The second-order valence-electron chi connectivity index (χ2n) is 6.26. The molecular formula is C22H18ClO3P. The van der Waals surface area contributed by atoms with E-state index in [0.717, 1.165) is 33.0 Å². The van der Waals surface area contributed by atoms with Crippen LogP contribution in [0.15, 0.2) is 72.8 Å². The number of halogens is 1. The zero-order chi connectivity index (χ0) is 19.0. The van der Waals surface area contributed by atoms with Gasteiger partial charge in [-0.2, -0.15) is 0 Å². The third-order valence-corrected chi connectivity index (χ3v) is 7.86. The molecule has 0 saturated carbocycles. The predicted octanol–water partition coefficient (Wildman–Crippen LogP) is 5.48. The van der Waals surface area contributed by atoms with Crippen LogP contribution >= 0.6 is 17.7 Å². The van der Waals surface area contributed by atoms with Gasteiger partial charge >= 0.3 is 0 Å². The summed E-state index contributed by atoms with van der Waals surface area (Å²) in [5, 5.41) is 4.87. The van der Waals surface area contributed by atoms with Crippen molar-refractivity contribution in [3.63, 3.8) is 0 Å². The molecule has 0 saturated heterocycles. The van der Waals surface area contributed by atoms with E-state index in [0.29, 0.717) is 10.6 Å². The van der Waals surface area contributed by atoms with Crippen LogP contribution in [0.4, 0.5) is 0 Å². The molecule has 136 valence electrons. The average molecular weight is 397 g/mol. The lowest BCUT2D eigenvalue weighted by Gasteiger charge is -2.17. The van der Waals surface area contributed by atoms with Crippen LogP contribution in [0.25, 0.3) is 21.5 Å². The van der Waals surface area contributed by atoms with Crippen LogP contribution in [0.3, 0.4) is 0 Å². The van der Waals surface area contributed by atoms with Crippen LogP contribution in [0.2, 0.25) is 0 Å². The molecule has 3 nitrogen and oxygen atoms in total. The van der Waals surface area contributed by atoms with Crippen molar-refractivity contribution in [2.75, 3.05) is 14.2 Å². The van der Waals surface area contributed by atoms with Crippen LogP contribution in [0, 0.1) is 0 Å². The summed E-state index contributed by atoms with van der Waals surface area (Å²) in [5.74, 6) is 1.50. The fraction of sp³-hybridized carbons (Fsp3) is 0.0909. The molecule has 0 aliphatic heterocycles. The Hall–Kier alpha value is -2.48. The first-order chi connectivity index (χ1) is 13.0. The second kappa shape index (κ2) is 6.92. The molecule has 0 heterocycles. The van der Waals surface area contributed by atoms with Crippen LogP contribution < -0.4 is 20.1 Å². The van der Waals surface area contributed by atoms with Crippen molar-refractivity contribution in [3.05, 3.63) is 72.8 Å². The zero-order valence-corrected chi connectivity index (χ0v) is 16.6. The van der Waals surface area contributed by atoms with Gasteiger partial charge in [-0.3, -0.25) is 4.57 Å².